The van der Waals surface area contributed by atoms with Crippen molar-refractivity contribution in [3.8, 4) is 0 Å². The Labute approximate surface area is 111 Å². The topological polar surface area (TPSA) is 42.0 Å². The van der Waals surface area contributed by atoms with Gasteiger partial charge in [-0.3, -0.25) is 4.79 Å². The first-order chi connectivity index (χ1) is 8.00. The molecule has 2 rings (SSSR count). The third kappa shape index (κ3) is 3.19. The maximum atomic E-state index is 11.1. The molecule has 0 unspecified atom stereocenters. The van der Waals surface area contributed by atoms with Crippen molar-refractivity contribution in [3.63, 3.8) is 0 Å². The van der Waals surface area contributed by atoms with Gasteiger partial charge < -0.3 is 5.32 Å². The van der Waals surface area contributed by atoms with E-state index in [1.807, 2.05) is 0 Å². The maximum Gasteiger partial charge on any atom is 0.235 e. The van der Waals surface area contributed by atoms with Crippen molar-refractivity contribution in [2.45, 2.75) is 39.7 Å². The van der Waals surface area contributed by atoms with Crippen molar-refractivity contribution >= 4 is 28.8 Å². The molecule has 0 aliphatic heterocycles. The van der Waals surface area contributed by atoms with Crippen LogP contribution in [0.1, 0.15) is 35.8 Å². The summed E-state index contributed by atoms with van der Waals surface area (Å²) >= 11 is 7.15. The molecule has 0 fully saturated rings. The van der Waals surface area contributed by atoms with Crippen LogP contribution in [0.4, 0.5) is 0 Å². The van der Waals surface area contributed by atoms with E-state index in [0.29, 0.717) is 12.0 Å². The normalized spacial score (nSPS) is 17.6. The molecule has 5 heteroatoms. The highest BCUT2D eigenvalue weighted by Crippen LogP contribution is 2.37. The molecule has 0 radical (unpaired) electrons. The summed E-state index contributed by atoms with van der Waals surface area (Å²) in [6.45, 7) is 5.10. The van der Waals surface area contributed by atoms with Crippen LogP contribution in [0.25, 0.3) is 0 Å². The quantitative estimate of drug-likeness (QED) is 0.859. The highest BCUT2D eigenvalue weighted by atomic mass is 35.5. The first-order valence-electron chi connectivity index (χ1n) is 5.80. The van der Waals surface area contributed by atoms with E-state index >= 15 is 0 Å². The van der Waals surface area contributed by atoms with E-state index in [0.717, 1.165) is 17.8 Å². The molecule has 0 saturated heterocycles. The molecular weight excluding hydrogens is 256 g/mol. The Morgan fingerprint density at radius 1 is 1.59 bits per heavy atom. The summed E-state index contributed by atoms with van der Waals surface area (Å²) < 4.78 is 0. The third-order valence-electron chi connectivity index (χ3n) is 3.06. The Balaban J connectivity index is 2.03. The Morgan fingerprint density at radius 3 is 3.06 bits per heavy atom. The van der Waals surface area contributed by atoms with Crippen molar-refractivity contribution in [1.82, 2.24) is 10.3 Å². The fourth-order valence-corrected chi connectivity index (χ4v) is 3.45. The second-order valence-corrected chi connectivity index (χ2v) is 6.66. The monoisotopic (exact) mass is 272 g/mol. The number of nitrogens with one attached hydrogen (secondary N) is 1. The van der Waals surface area contributed by atoms with Crippen LogP contribution < -0.4 is 5.32 Å². The highest BCUT2D eigenvalue weighted by molar-refractivity contribution is 7.11. The lowest BCUT2D eigenvalue weighted by molar-refractivity contribution is -0.118. The fraction of sp³-hybridized carbons (Fsp3) is 0.667. The van der Waals surface area contributed by atoms with Crippen LogP contribution in [0, 0.1) is 5.41 Å². The van der Waals surface area contributed by atoms with Crippen molar-refractivity contribution in [2.24, 2.45) is 5.41 Å². The van der Waals surface area contributed by atoms with Gasteiger partial charge in [0.05, 0.1) is 12.2 Å². The van der Waals surface area contributed by atoms with Crippen LogP contribution in [-0.4, -0.2) is 16.8 Å². The van der Waals surface area contributed by atoms with E-state index in [2.05, 4.69) is 24.1 Å². The van der Waals surface area contributed by atoms with Gasteiger partial charge in [0.25, 0.3) is 0 Å². The zero-order valence-corrected chi connectivity index (χ0v) is 11.7. The van der Waals surface area contributed by atoms with Gasteiger partial charge in [0.2, 0.25) is 5.91 Å². The van der Waals surface area contributed by atoms with Crippen LogP contribution in [0.15, 0.2) is 0 Å². The Kier molecular flexibility index (Phi) is 3.73. The number of rotatable bonds is 3. The van der Waals surface area contributed by atoms with Crippen molar-refractivity contribution in [1.29, 1.82) is 0 Å². The number of nitrogens with zero attached hydrogens (tertiary/aromatic N) is 1. The van der Waals surface area contributed by atoms with Crippen molar-refractivity contribution in [2.75, 3.05) is 5.88 Å². The molecule has 17 heavy (non-hydrogen) atoms. The van der Waals surface area contributed by atoms with Crippen LogP contribution in [-0.2, 0) is 24.2 Å². The summed E-state index contributed by atoms with van der Waals surface area (Å²) in [5, 5.41) is 3.75. The number of carbonyl (C=O) groups is 1. The molecule has 94 valence electrons. The summed E-state index contributed by atoms with van der Waals surface area (Å²) in [6, 6.07) is 0. The lowest BCUT2D eigenvalue weighted by atomic mass is 9.79. The third-order valence-corrected chi connectivity index (χ3v) is 4.40. The lowest BCUT2D eigenvalue weighted by Gasteiger charge is -2.28. The maximum absolute atomic E-state index is 11.1. The zero-order chi connectivity index (χ0) is 12.5. The standard InChI is InChI=1S/C12H17ClN2OS/c1-12(2)4-3-8-9(5-12)17-11(15-8)7-14-10(16)6-13/h3-7H2,1-2H3,(H,14,16). The van der Waals surface area contributed by atoms with E-state index in [4.69, 9.17) is 11.6 Å². The number of carbonyl (C=O) groups excluding carboxylic acids is 1. The minimum absolute atomic E-state index is 0.0120. The smallest absolute Gasteiger partial charge is 0.235 e. The molecule has 1 aliphatic rings. The first-order valence-corrected chi connectivity index (χ1v) is 7.15. The minimum atomic E-state index is -0.139. The van der Waals surface area contributed by atoms with Gasteiger partial charge in [-0.1, -0.05) is 13.8 Å². The summed E-state index contributed by atoms with van der Waals surface area (Å²) in [4.78, 5) is 17.0. The molecule has 1 aliphatic carbocycles. The molecule has 0 aromatic carbocycles. The van der Waals surface area contributed by atoms with Crippen LogP contribution in [0.3, 0.4) is 0 Å². The van der Waals surface area contributed by atoms with Gasteiger partial charge in [-0.15, -0.1) is 22.9 Å². The second kappa shape index (κ2) is 4.94. The molecule has 1 N–H and O–H groups in total. The Bertz CT molecular complexity index is 428. The van der Waals surface area contributed by atoms with Gasteiger partial charge in [-0.2, -0.15) is 0 Å². The number of aryl methyl sites for hydroxylation is 1. The number of fused-ring (bicyclic) bond motifs is 1. The summed E-state index contributed by atoms with van der Waals surface area (Å²) in [7, 11) is 0. The fourth-order valence-electron chi connectivity index (χ4n) is 2.05. The number of alkyl halides is 1. The van der Waals surface area contributed by atoms with Crippen LogP contribution in [0.2, 0.25) is 0 Å². The minimum Gasteiger partial charge on any atom is -0.349 e. The van der Waals surface area contributed by atoms with Crippen LogP contribution in [0.5, 0.6) is 0 Å². The summed E-state index contributed by atoms with van der Waals surface area (Å²) in [5.41, 5.74) is 1.61. The largest absolute Gasteiger partial charge is 0.349 e. The van der Waals surface area contributed by atoms with Crippen LogP contribution >= 0.6 is 22.9 Å². The van der Waals surface area contributed by atoms with Gasteiger partial charge >= 0.3 is 0 Å². The van der Waals surface area contributed by atoms with Gasteiger partial charge in [0.1, 0.15) is 10.9 Å². The Hall–Kier alpha value is -0.610. The van der Waals surface area contributed by atoms with Gasteiger partial charge in [-0.05, 0) is 24.7 Å². The number of halogens is 1. The number of aromatic nitrogens is 1. The molecule has 1 aromatic heterocycles. The number of amides is 1. The van der Waals surface area contributed by atoms with E-state index in [1.54, 1.807) is 11.3 Å². The van der Waals surface area contributed by atoms with Crippen molar-refractivity contribution < 1.29 is 4.79 Å². The highest BCUT2D eigenvalue weighted by Gasteiger charge is 2.27. The number of thiazole rings is 1. The average molecular weight is 273 g/mol. The molecule has 0 atom stereocenters. The predicted molar refractivity (Wildman–Crippen MR) is 70.5 cm³/mol. The van der Waals surface area contributed by atoms with Gasteiger partial charge in [0.15, 0.2) is 0 Å². The average Bonchev–Trinajstić information content (AvgIpc) is 2.66. The molecular formula is C12H17ClN2OS. The lowest BCUT2D eigenvalue weighted by Crippen LogP contribution is -2.23. The van der Waals surface area contributed by atoms with E-state index in [1.165, 1.54) is 17.0 Å². The summed E-state index contributed by atoms with van der Waals surface area (Å²) in [6.07, 6.45) is 3.35. The number of hydrogen-bond acceptors (Lipinski definition) is 3. The van der Waals surface area contributed by atoms with Gasteiger partial charge in [-0.25, -0.2) is 4.98 Å². The van der Waals surface area contributed by atoms with E-state index < -0.39 is 0 Å². The SMILES string of the molecule is CC1(C)CCc2nc(CNC(=O)CCl)sc2C1. The van der Waals surface area contributed by atoms with Crippen molar-refractivity contribution in [3.05, 3.63) is 15.6 Å². The summed E-state index contributed by atoms with van der Waals surface area (Å²) in [5.74, 6) is -0.127. The van der Waals surface area contributed by atoms with E-state index in [-0.39, 0.29) is 11.8 Å². The molecule has 1 aromatic rings. The molecule has 0 spiro atoms. The zero-order valence-electron chi connectivity index (χ0n) is 10.2. The predicted octanol–water partition coefficient (Wildman–Crippen LogP) is 2.51. The second-order valence-electron chi connectivity index (χ2n) is 5.23. The van der Waals surface area contributed by atoms with E-state index in [9.17, 15) is 4.79 Å². The first kappa shape index (κ1) is 12.8. The number of hydrogen-bond donors (Lipinski definition) is 1. The molecule has 1 heterocycles. The molecule has 0 saturated carbocycles. The molecule has 3 nitrogen and oxygen atoms in total. The Morgan fingerprint density at radius 2 is 2.35 bits per heavy atom. The van der Waals surface area contributed by atoms with Gasteiger partial charge in [0, 0.05) is 4.88 Å². The molecule has 0 bridgehead atoms. The molecule has 1 amide bonds.